The van der Waals surface area contributed by atoms with Gasteiger partial charge >= 0.3 is 17.9 Å². The van der Waals surface area contributed by atoms with Crippen molar-refractivity contribution in [2.75, 3.05) is 13.2 Å². The molecule has 0 rings (SSSR count). The van der Waals surface area contributed by atoms with Gasteiger partial charge in [0.05, 0.1) is 0 Å². The summed E-state index contributed by atoms with van der Waals surface area (Å²) < 4.78 is 16.7. The number of hydrogen-bond acceptors (Lipinski definition) is 6. The molecule has 0 saturated heterocycles. The fourth-order valence-electron chi connectivity index (χ4n) is 9.86. The number of unbranched alkanes of at least 4 members (excludes halogenated alkanes) is 48. The molecule has 0 aromatic heterocycles. The molecule has 1 unspecified atom stereocenters. The van der Waals surface area contributed by atoms with E-state index in [1.165, 1.54) is 263 Å². The molecule has 0 amide bonds. The van der Waals surface area contributed by atoms with Gasteiger partial charge < -0.3 is 14.2 Å². The molecule has 0 saturated carbocycles. The van der Waals surface area contributed by atoms with E-state index in [4.69, 9.17) is 14.2 Å². The normalized spacial score (nSPS) is 11.9. The van der Waals surface area contributed by atoms with Crippen molar-refractivity contribution in [3.05, 3.63) is 0 Å². The molecule has 0 heterocycles. The Morgan fingerprint density at radius 1 is 0.232 bits per heavy atom. The minimum atomic E-state index is -0.759. The molecular formula is C63H122O6. The van der Waals surface area contributed by atoms with Crippen molar-refractivity contribution in [3.8, 4) is 0 Å². The van der Waals surface area contributed by atoms with E-state index in [0.717, 1.165) is 64.2 Å². The zero-order valence-electron chi connectivity index (χ0n) is 47.1. The second-order valence-electron chi connectivity index (χ2n) is 21.7. The third kappa shape index (κ3) is 57.2. The third-order valence-electron chi connectivity index (χ3n) is 14.6. The van der Waals surface area contributed by atoms with Crippen molar-refractivity contribution in [3.63, 3.8) is 0 Å². The topological polar surface area (TPSA) is 78.9 Å². The van der Waals surface area contributed by atoms with Crippen LogP contribution in [-0.2, 0) is 28.6 Å². The Morgan fingerprint density at radius 2 is 0.391 bits per heavy atom. The van der Waals surface area contributed by atoms with Crippen molar-refractivity contribution < 1.29 is 28.6 Å². The zero-order valence-corrected chi connectivity index (χ0v) is 47.1. The summed E-state index contributed by atoms with van der Waals surface area (Å²) in [4.78, 5) is 37.7. The first-order valence-electron chi connectivity index (χ1n) is 31.5. The number of hydrogen-bond donors (Lipinski definition) is 0. The molecule has 0 N–H and O–H groups in total. The van der Waals surface area contributed by atoms with E-state index >= 15 is 0 Å². The Labute approximate surface area is 431 Å². The first kappa shape index (κ1) is 67.4. The maximum absolute atomic E-state index is 12.7. The molecular weight excluding hydrogens is 853 g/mol. The molecule has 69 heavy (non-hydrogen) atoms. The molecule has 0 bridgehead atoms. The lowest BCUT2D eigenvalue weighted by atomic mass is 10.0. The van der Waals surface area contributed by atoms with Gasteiger partial charge in [0.2, 0.25) is 0 Å². The molecule has 6 heteroatoms. The van der Waals surface area contributed by atoms with Crippen LogP contribution in [0.4, 0.5) is 0 Å². The van der Waals surface area contributed by atoms with Crippen LogP contribution >= 0.6 is 0 Å². The van der Waals surface area contributed by atoms with Crippen LogP contribution in [0.5, 0.6) is 0 Å². The van der Waals surface area contributed by atoms with Crippen LogP contribution in [0.2, 0.25) is 0 Å². The van der Waals surface area contributed by atoms with E-state index in [-0.39, 0.29) is 31.1 Å². The first-order chi connectivity index (χ1) is 34.0. The summed E-state index contributed by atoms with van der Waals surface area (Å²) in [7, 11) is 0. The van der Waals surface area contributed by atoms with Crippen LogP contribution in [0.3, 0.4) is 0 Å². The van der Waals surface area contributed by atoms with Gasteiger partial charge in [0.25, 0.3) is 0 Å². The van der Waals surface area contributed by atoms with E-state index in [1.54, 1.807) is 0 Å². The average Bonchev–Trinajstić information content (AvgIpc) is 3.35. The molecule has 0 aromatic carbocycles. The molecule has 0 aliphatic rings. The largest absolute Gasteiger partial charge is 0.462 e. The smallest absolute Gasteiger partial charge is 0.306 e. The maximum Gasteiger partial charge on any atom is 0.306 e. The Hall–Kier alpha value is -1.59. The van der Waals surface area contributed by atoms with Crippen molar-refractivity contribution in [1.82, 2.24) is 0 Å². The van der Waals surface area contributed by atoms with E-state index in [0.29, 0.717) is 19.3 Å². The van der Waals surface area contributed by atoms with Crippen molar-refractivity contribution in [1.29, 1.82) is 0 Å². The summed E-state index contributed by atoms with van der Waals surface area (Å²) in [5, 5.41) is 0. The lowest BCUT2D eigenvalue weighted by Crippen LogP contribution is -2.30. The van der Waals surface area contributed by atoms with Crippen molar-refractivity contribution in [2.24, 2.45) is 0 Å². The molecule has 0 aliphatic carbocycles. The summed E-state index contributed by atoms with van der Waals surface area (Å²) in [6.07, 6.45) is 67.6. The van der Waals surface area contributed by atoms with Gasteiger partial charge in [-0.15, -0.1) is 0 Å². The van der Waals surface area contributed by atoms with Gasteiger partial charge in [-0.05, 0) is 19.3 Å². The van der Waals surface area contributed by atoms with Gasteiger partial charge in [-0.3, -0.25) is 14.4 Å². The highest BCUT2D eigenvalue weighted by molar-refractivity contribution is 5.71. The zero-order chi connectivity index (χ0) is 50.0. The fraction of sp³-hybridized carbons (Fsp3) is 0.952. The quantitative estimate of drug-likeness (QED) is 0.0343. The van der Waals surface area contributed by atoms with Gasteiger partial charge in [0, 0.05) is 19.3 Å². The number of carbonyl (C=O) groups is 3. The summed E-state index contributed by atoms with van der Waals surface area (Å²) >= 11 is 0. The van der Waals surface area contributed by atoms with E-state index in [2.05, 4.69) is 20.8 Å². The highest BCUT2D eigenvalue weighted by Gasteiger charge is 2.19. The van der Waals surface area contributed by atoms with Crippen LogP contribution in [0.1, 0.15) is 367 Å². The van der Waals surface area contributed by atoms with Gasteiger partial charge in [-0.1, -0.05) is 329 Å². The Kier molecular flexibility index (Phi) is 57.6. The van der Waals surface area contributed by atoms with Crippen molar-refractivity contribution in [2.45, 2.75) is 374 Å². The van der Waals surface area contributed by atoms with Gasteiger partial charge in [0.1, 0.15) is 13.2 Å². The lowest BCUT2D eigenvalue weighted by Gasteiger charge is -2.18. The second-order valence-corrected chi connectivity index (χ2v) is 21.7. The predicted octanol–water partition coefficient (Wildman–Crippen LogP) is 21.1. The first-order valence-corrected chi connectivity index (χ1v) is 31.5. The number of esters is 3. The number of rotatable bonds is 59. The highest BCUT2D eigenvalue weighted by atomic mass is 16.6. The average molecular weight is 976 g/mol. The number of carbonyl (C=O) groups excluding carboxylic acids is 3. The molecule has 1 atom stereocenters. The highest BCUT2D eigenvalue weighted by Crippen LogP contribution is 2.19. The van der Waals surface area contributed by atoms with Crippen LogP contribution in [-0.4, -0.2) is 37.2 Å². The van der Waals surface area contributed by atoms with Gasteiger partial charge in [0.15, 0.2) is 6.10 Å². The summed E-state index contributed by atoms with van der Waals surface area (Å²) in [5.41, 5.74) is 0. The Balaban J connectivity index is 3.80. The van der Waals surface area contributed by atoms with Crippen LogP contribution in [0.25, 0.3) is 0 Å². The summed E-state index contributed by atoms with van der Waals surface area (Å²) in [5.74, 6) is -0.853. The molecule has 410 valence electrons. The minimum Gasteiger partial charge on any atom is -0.462 e. The maximum atomic E-state index is 12.7. The third-order valence-corrected chi connectivity index (χ3v) is 14.6. The van der Waals surface area contributed by atoms with E-state index < -0.39 is 6.10 Å². The summed E-state index contributed by atoms with van der Waals surface area (Å²) in [6, 6.07) is 0. The van der Waals surface area contributed by atoms with Gasteiger partial charge in [-0.25, -0.2) is 0 Å². The van der Waals surface area contributed by atoms with Gasteiger partial charge in [-0.2, -0.15) is 0 Å². The fourth-order valence-corrected chi connectivity index (χ4v) is 9.86. The van der Waals surface area contributed by atoms with Crippen molar-refractivity contribution >= 4 is 17.9 Å². The molecule has 0 fully saturated rings. The Morgan fingerprint density at radius 3 is 0.580 bits per heavy atom. The van der Waals surface area contributed by atoms with E-state index in [1.807, 2.05) is 0 Å². The molecule has 0 spiro atoms. The van der Waals surface area contributed by atoms with Crippen LogP contribution < -0.4 is 0 Å². The van der Waals surface area contributed by atoms with Crippen LogP contribution in [0, 0.1) is 0 Å². The summed E-state index contributed by atoms with van der Waals surface area (Å²) in [6.45, 7) is 6.62. The molecule has 6 nitrogen and oxygen atoms in total. The molecule has 0 aromatic rings. The Bertz CT molecular complexity index is 1030. The predicted molar refractivity (Wildman–Crippen MR) is 298 cm³/mol. The monoisotopic (exact) mass is 975 g/mol. The minimum absolute atomic E-state index is 0.0629. The van der Waals surface area contributed by atoms with Crippen LogP contribution in [0.15, 0.2) is 0 Å². The molecule has 0 radical (unpaired) electrons. The second kappa shape index (κ2) is 59.0. The lowest BCUT2D eigenvalue weighted by molar-refractivity contribution is -0.167. The van der Waals surface area contributed by atoms with E-state index in [9.17, 15) is 14.4 Å². The molecule has 0 aliphatic heterocycles. The SMILES string of the molecule is CCCCCCCCCCCCCCCCCCCCCCCCCCCCCCCCCCCC(=O)OCC(COC(=O)CCCCCCC)OC(=O)CCCCCCCCCCCCCCC. The standard InChI is InChI=1S/C63H122O6/c1-4-7-10-13-15-17-19-21-22-23-24-25-26-27-28-29-30-31-32-33-34-35-36-37-38-39-40-42-43-45-47-50-53-56-62(65)68-59-60(58-67-61(64)55-52-49-12-9-6-3)69-63(66)57-54-51-48-46-44-41-20-18-16-14-11-8-5-2/h60H,4-59H2,1-3H3. The number of ether oxygens (including phenoxy) is 3.